The second-order valence-corrected chi connectivity index (χ2v) is 6.41. The Kier molecular flexibility index (Phi) is 6.24. The third kappa shape index (κ3) is 8.72. The molecule has 2 atom stereocenters. The summed E-state index contributed by atoms with van der Waals surface area (Å²) in [6.45, 7) is 8.12. The van der Waals surface area contributed by atoms with Crippen molar-refractivity contribution in [2.24, 2.45) is 5.73 Å². The average molecular weight is 234 g/mol. The first kappa shape index (κ1) is 14.7. The van der Waals surface area contributed by atoms with Crippen molar-refractivity contribution in [2.75, 3.05) is 12.3 Å². The van der Waals surface area contributed by atoms with Gasteiger partial charge in [0.2, 0.25) is 5.91 Å². The molecular weight excluding hydrogens is 212 g/mol. The maximum atomic E-state index is 11.3. The number of carbonyl (C=O) groups excluding carboxylic acids is 1. The van der Waals surface area contributed by atoms with Crippen LogP contribution >= 0.6 is 11.8 Å². The van der Waals surface area contributed by atoms with Crippen molar-refractivity contribution in [3.8, 4) is 0 Å². The monoisotopic (exact) mass is 234 g/mol. The van der Waals surface area contributed by atoms with Crippen LogP contribution in [0.15, 0.2) is 0 Å². The molecule has 0 saturated heterocycles. The van der Waals surface area contributed by atoms with Gasteiger partial charge in [0, 0.05) is 17.3 Å². The third-order valence-electron chi connectivity index (χ3n) is 1.79. The summed E-state index contributed by atoms with van der Waals surface area (Å²) in [6, 6.07) is -0.395. The highest BCUT2D eigenvalue weighted by atomic mass is 32.2. The molecule has 1 amide bonds. The minimum atomic E-state index is -0.597. The number of carbonyl (C=O) groups is 1. The number of thioether (sulfide) groups is 1. The average Bonchev–Trinajstić information content (AvgIpc) is 2.09. The summed E-state index contributed by atoms with van der Waals surface area (Å²) in [5.74, 6) is 0.391. The standard InChI is InChI=1S/C10H22N2O2S/c1-7(13)8(11)5-12-9(14)6-15-10(2,3)4/h7-8,13H,5-6,11H2,1-4H3,(H,12,14). The minimum Gasteiger partial charge on any atom is -0.392 e. The van der Waals surface area contributed by atoms with Crippen LogP contribution in [-0.2, 0) is 4.79 Å². The van der Waals surface area contributed by atoms with E-state index < -0.39 is 12.1 Å². The molecule has 5 heteroatoms. The van der Waals surface area contributed by atoms with E-state index in [4.69, 9.17) is 10.8 Å². The van der Waals surface area contributed by atoms with Crippen LogP contribution in [0.25, 0.3) is 0 Å². The third-order valence-corrected chi connectivity index (χ3v) is 3.06. The summed E-state index contributed by atoms with van der Waals surface area (Å²) >= 11 is 1.59. The number of rotatable bonds is 5. The van der Waals surface area contributed by atoms with Gasteiger partial charge in [-0.2, -0.15) is 0 Å². The molecule has 0 saturated carbocycles. The summed E-state index contributed by atoms with van der Waals surface area (Å²) in [5.41, 5.74) is 5.58. The lowest BCUT2D eigenvalue weighted by molar-refractivity contribution is -0.118. The number of nitrogens with one attached hydrogen (secondary N) is 1. The van der Waals surface area contributed by atoms with Gasteiger partial charge in [-0.3, -0.25) is 4.79 Å². The van der Waals surface area contributed by atoms with Crippen molar-refractivity contribution >= 4 is 17.7 Å². The van der Waals surface area contributed by atoms with Gasteiger partial charge in [0.1, 0.15) is 0 Å². The molecule has 4 nitrogen and oxygen atoms in total. The zero-order valence-corrected chi connectivity index (χ0v) is 10.7. The number of aliphatic hydroxyl groups excluding tert-OH is 1. The van der Waals surface area contributed by atoms with E-state index in [9.17, 15) is 4.79 Å². The SMILES string of the molecule is CC(O)C(N)CNC(=O)CSC(C)(C)C. The van der Waals surface area contributed by atoms with Crippen molar-refractivity contribution in [3.05, 3.63) is 0 Å². The van der Waals surface area contributed by atoms with Gasteiger partial charge in [0.05, 0.1) is 11.9 Å². The van der Waals surface area contributed by atoms with Gasteiger partial charge >= 0.3 is 0 Å². The van der Waals surface area contributed by atoms with Gasteiger partial charge in [-0.25, -0.2) is 0 Å². The molecule has 4 N–H and O–H groups in total. The van der Waals surface area contributed by atoms with Crippen molar-refractivity contribution in [3.63, 3.8) is 0 Å². The molecule has 0 bridgehead atoms. The van der Waals surface area contributed by atoms with E-state index in [1.54, 1.807) is 18.7 Å². The van der Waals surface area contributed by atoms with Crippen molar-refractivity contribution < 1.29 is 9.90 Å². The van der Waals surface area contributed by atoms with Crippen LogP contribution in [-0.4, -0.2) is 40.2 Å². The number of hydrogen-bond acceptors (Lipinski definition) is 4. The Morgan fingerprint density at radius 2 is 2.07 bits per heavy atom. The maximum Gasteiger partial charge on any atom is 0.230 e. The number of hydrogen-bond donors (Lipinski definition) is 3. The van der Waals surface area contributed by atoms with Crippen LogP contribution in [0.5, 0.6) is 0 Å². The summed E-state index contributed by atoms with van der Waals surface area (Å²) in [5, 5.41) is 11.8. The molecule has 0 aliphatic heterocycles. The lowest BCUT2D eigenvalue weighted by Gasteiger charge is -2.18. The minimum absolute atomic E-state index is 0.0361. The number of nitrogens with two attached hydrogens (primary N) is 1. The molecule has 0 fully saturated rings. The van der Waals surface area contributed by atoms with E-state index >= 15 is 0 Å². The second kappa shape index (κ2) is 6.35. The zero-order chi connectivity index (χ0) is 12.1. The number of aliphatic hydroxyl groups is 1. The smallest absolute Gasteiger partial charge is 0.230 e. The van der Waals surface area contributed by atoms with E-state index in [-0.39, 0.29) is 10.7 Å². The Labute approximate surface area is 96.0 Å². The Bertz CT molecular complexity index is 202. The van der Waals surface area contributed by atoms with Crippen LogP contribution in [0.4, 0.5) is 0 Å². The Morgan fingerprint density at radius 1 is 1.53 bits per heavy atom. The lowest BCUT2D eigenvalue weighted by Crippen LogP contribution is -2.44. The highest BCUT2D eigenvalue weighted by Gasteiger charge is 2.14. The van der Waals surface area contributed by atoms with E-state index in [1.807, 2.05) is 0 Å². The number of amides is 1. The summed E-state index contributed by atoms with van der Waals surface area (Å²) in [6.07, 6.45) is -0.597. The molecule has 90 valence electrons. The van der Waals surface area contributed by atoms with Gasteiger partial charge < -0.3 is 16.2 Å². The molecule has 0 aromatic rings. The van der Waals surface area contributed by atoms with E-state index in [2.05, 4.69) is 26.1 Å². The fourth-order valence-corrected chi connectivity index (χ4v) is 1.40. The van der Waals surface area contributed by atoms with E-state index in [0.29, 0.717) is 12.3 Å². The second-order valence-electron chi connectivity index (χ2n) is 4.61. The van der Waals surface area contributed by atoms with Crippen LogP contribution in [0.3, 0.4) is 0 Å². The van der Waals surface area contributed by atoms with Crippen LogP contribution in [0, 0.1) is 0 Å². The van der Waals surface area contributed by atoms with E-state index in [0.717, 1.165) is 0 Å². The molecule has 0 heterocycles. The topological polar surface area (TPSA) is 75.3 Å². The maximum absolute atomic E-state index is 11.3. The predicted octanol–water partition coefficient (Wildman–Crippen LogP) is 0.342. The molecular formula is C10H22N2O2S. The normalized spacial score (nSPS) is 15.9. The fourth-order valence-electron chi connectivity index (χ4n) is 0.735. The van der Waals surface area contributed by atoms with Gasteiger partial charge in [-0.15, -0.1) is 11.8 Å². The first-order valence-corrected chi connectivity index (χ1v) is 6.05. The van der Waals surface area contributed by atoms with Crippen molar-refractivity contribution in [1.29, 1.82) is 0 Å². The Morgan fingerprint density at radius 3 is 2.47 bits per heavy atom. The Hall–Kier alpha value is -0.260. The van der Waals surface area contributed by atoms with E-state index in [1.165, 1.54) is 0 Å². The molecule has 2 unspecified atom stereocenters. The van der Waals surface area contributed by atoms with Gasteiger partial charge in [0.25, 0.3) is 0 Å². The first-order valence-electron chi connectivity index (χ1n) is 5.06. The lowest BCUT2D eigenvalue weighted by atomic mass is 10.2. The molecule has 0 spiro atoms. The molecule has 0 radical (unpaired) electrons. The zero-order valence-electron chi connectivity index (χ0n) is 9.91. The molecule has 0 aromatic carbocycles. The Balaban J connectivity index is 3.67. The van der Waals surface area contributed by atoms with Gasteiger partial charge in [-0.05, 0) is 6.92 Å². The highest BCUT2D eigenvalue weighted by molar-refractivity contribution is 8.01. The molecule has 0 aliphatic carbocycles. The predicted molar refractivity (Wildman–Crippen MR) is 64.9 cm³/mol. The van der Waals surface area contributed by atoms with Crippen LogP contribution in [0.1, 0.15) is 27.7 Å². The van der Waals surface area contributed by atoms with Crippen LogP contribution < -0.4 is 11.1 Å². The molecule has 0 rings (SSSR count). The fraction of sp³-hybridized carbons (Fsp3) is 0.900. The highest BCUT2D eigenvalue weighted by Crippen LogP contribution is 2.22. The van der Waals surface area contributed by atoms with Crippen molar-refractivity contribution in [1.82, 2.24) is 5.32 Å². The first-order chi connectivity index (χ1) is 6.72. The molecule has 15 heavy (non-hydrogen) atoms. The molecule has 0 aliphatic rings. The largest absolute Gasteiger partial charge is 0.392 e. The van der Waals surface area contributed by atoms with Gasteiger partial charge in [-0.1, -0.05) is 20.8 Å². The summed E-state index contributed by atoms with van der Waals surface area (Å²) in [7, 11) is 0. The quantitative estimate of drug-likeness (QED) is 0.641. The van der Waals surface area contributed by atoms with Gasteiger partial charge in [0.15, 0.2) is 0 Å². The summed E-state index contributed by atoms with van der Waals surface area (Å²) < 4.78 is 0.0870. The summed E-state index contributed by atoms with van der Waals surface area (Å²) in [4.78, 5) is 11.3. The van der Waals surface area contributed by atoms with Crippen molar-refractivity contribution in [2.45, 2.75) is 44.6 Å². The molecule has 0 aromatic heterocycles. The van der Waals surface area contributed by atoms with Crippen LogP contribution in [0.2, 0.25) is 0 Å².